The van der Waals surface area contributed by atoms with Gasteiger partial charge in [-0.15, -0.1) is 0 Å². The van der Waals surface area contributed by atoms with E-state index in [0.29, 0.717) is 35.8 Å². The van der Waals surface area contributed by atoms with Gasteiger partial charge in [-0.2, -0.15) is 9.78 Å². The van der Waals surface area contributed by atoms with E-state index in [9.17, 15) is 14.7 Å². The van der Waals surface area contributed by atoms with Gasteiger partial charge in [0.15, 0.2) is 0 Å². The molecule has 1 aromatic heterocycles. The van der Waals surface area contributed by atoms with Crippen LogP contribution in [0, 0.1) is 0 Å². The average Bonchev–Trinajstić information content (AvgIpc) is 3.31. The van der Waals surface area contributed by atoms with E-state index in [-0.39, 0.29) is 17.7 Å². The second-order valence-corrected chi connectivity index (χ2v) is 6.82. The zero-order chi connectivity index (χ0) is 19.4. The van der Waals surface area contributed by atoms with Crippen LogP contribution >= 0.6 is 0 Å². The van der Waals surface area contributed by atoms with Crippen LogP contribution in [0.3, 0.4) is 0 Å². The number of anilines is 1. The molecule has 3 rings (SSSR count). The summed E-state index contributed by atoms with van der Waals surface area (Å²) in [4.78, 5) is 24.0. The van der Waals surface area contributed by atoms with E-state index in [0.717, 1.165) is 31.4 Å². The summed E-state index contributed by atoms with van der Waals surface area (Å²) in [6.45, 7) is 4.16. The molecule has 0 atom stereocenters. The Hall–Kier alpha value is -2.83. The topological polar surface area (TPSA) is 96.3 Å². The van der Waals surface area contributed by atoms with Gasteiger partial charge in [0.25, 0.3) is 0 Å². The van der Waals surface area contributed by atoms with Gasteiger partial charge in [-0.05, 0) is 38.0 Å². The Balaban J connectivity index is 1.95. The first-order valence-corrected chi connectivity index (χ1v) is 9.54. The fraction of sp³-hybridized carbons (Fsp3) is 0.450. The van der Waals surface area contributed by atoms with Crippen LogP contribution < -0.4 is 10.6 Å². The predicted molar refractivity (Wildman–Crippen MR) is 104 cm³/mol. The highest BCUT2D eigenvalue weighted by molar-refractivity contribution is 5.91. The van der Waals surface area contributed by atoms with Gasteiger partial charge in [0, 0.05) is 36.2 Å². The van der Waals surface area contributed by atoms with E-state index in [1.165, 1.54) is 10.7 Å². The van der Waals surface area contributed by atoms with Crippen molar-refractivity contribution in [1.29, 1.82) is 0 Å². The highest BCUT2D eigenvalue weighted by Crippen LogP contribution is 2.37. The Bertz CT molecular complexity index is 838. The lowest BCUT2D eigenvalue weighted by Gasteiger charge is -2.11. The van der Waals surface area contributed by atoms with Gasteiger partial charge in [0.1, 0.15) is 5.75 Å². The summed E-state index contributed by atoms with van der Waals surface area (Å²) in [5.74, 6) is 0.202. The lowest BCUT2D eigenvalue weighted by molar-refractivity contribution is -0.115. The monoisotopic (exact) mass is 370 g/mol. The number of aromatic nitrogens is 2. The van der Waals surface area contributed by atoms with E-state index >= 15 is 0 Å². The lowest BCUT2D eigenvalue weighted by Crippen LogP contribution is -2.30. The van der Waals surface area contributed by atoms with Crippen molar-refractivity contribution in [1.82, 2.24) is 15.1 Å². The Morgan fingerprint density at radius 3 is 2.59 bits per heavy atom. The van der Waals surface area contributed by atoms with Gasteiger partial charge < -0.3 is 15.7 Å². The van der Waals surface area contributed by atoms with E-state index in [1.807, 2.05) is 13.0 Å². The number of hydrogen-bond donors (Lipinski definition) is 3. The maximum absolute atomic E-state index is 12.4. The third-order valence-electron chi connectivity index (χ3n) is 4.91. The molecule has 1 aliphatic rings. The molecule has 1 heterocycles. The number of benzene rings is 1. The van der Waals surface area contributed by atoms with Crippen molar-refractivity contribution >= 4 is 17.6 Å². The number of phenolic OH excluding ortho intramolecular Hbond substituents is 1. The van der Waals surface area contributed by atoms with Crippen LogP contribution in [0.15, 0.2) is 24.3 Å². The fourth-order valence-electron chi connectivity index (χ4n) is 3.50. The van der Waals surface area contributed by atoms with Crippen molar-refractivity contribution in [3.63, 3.8) is 0 Å². The summed E-state index contributed by atoms with van der Waals surface area (Å²) in [5.41, 5.74) is 2.50. The fourth-order valence-corrected chi connectivity index (χ4v) is 3.50. The molecule has 1 saturated carbocycles. The van der Waals surface area contributed by atoms with E-state index < -0.39 is 0 Å². The number of nitrogens with one attached hydrogen (secondary N) is 2. The Morgan fingerprint density at radius 2 is 1.96 bits per heavy atom. The number of rotatable bonds is 5. The standard InChI is InChI=1S/C20H26N4O3/c1-3-19(26)22-14-9-10-15(18(25)11-14)16-12-17(13-7-5-6-8-13)24(23-16)20(27)21-4-2/h9-13,25H,3-8H2,1-2H3,(H,21,27)(H,22,26). The number of amides is 2. The van der Waals surface area contributed by atoms with Crippen molar-refractivity contribution in [2.75, 3.05) is 11.9 Å². The maximum Gasteiger partial charge on any atom is 0.342 e. The van der Waals surface area contributed by atoms with Gasteiger partial charge in [-0.25, -0.2) is 4.79 Å². The molecule has 7 heteroatoms. The summed E-state index contributed by atoms with van der Waals surface area (Å²) in [5, 5.41) is 20.4. The molecule has 1 aliphatic carbocycles. The Kier molecular flexibility index (Phi) is 5.78. The van der Waals surface area contributed by atoms with Gasteiger partial charge in [0.05, 0.1) is 11.4 Å². The molecular weight excluding hydrogens is 344 g/mol. The zero-order valence-corrected chi connectivity index (χ0v) is 15.8. The minimum atomic E-state index is -0.253. The normalized spacial score (nSPS) is 14.3. The second-order valence-electron chi connectivity index (χ2n) is 6.82. The summed E-state index contributed by atoms with van der Waals surface area (Å²) in [6.07, 6.45) is 4.75. The van der Waals surface area contributed by atoms with Crippen LogP contribution in [-0.4, -0.2) is 33.4 Å². The predicted octanol–water partition coefficient (Wildman–Crippen LogP) is 3.84. The van der Waals surface area contributed by atoms with Crippen LogP contribution in [0.1, 0.15) is 57.6 Å². The van der Waals surface area contributed by atoms with E-state index in [2.05, 4.69) is 15.7 Å². The van der Waals surface area contributed by atoms with E-state index in [4.69, 9.17) is 0 Å². The summed E-state index contributed by atoms with van der Waals surface area (Å²) in [6, 6.07) is 6.58. The summed E-state index contributed by atoms with van der Waals surface area (Å²) < 4.78 is 1.43. The molecule has 0 aliphatic heterocycles. The molecule has 1 fully saturated rings. The molecule has 0 bridgehead atoms. The van der Waals surface area contributed by atoms with Crippen LogP contribution in [0.4, 0.5) is 10.5 Å². The summed E-state index contributed by atoms with van der Waals surface area (Å²) in [7, 11) is 0. The third kappa shape index (κ3) is 4.13. The molecule has 3 N–H and O–H groups in total. The Labute approximate surface area is 158 Å². The first kappa shape index (κ1) is 18.9. The van der Waals surface area contributed by atoms with E-state index in [1.54, 1.807) is 19.1 Å². The number of aromatic hydroxyl groups is 1. The van der Waals surface area contributed by atoms with Crippen molar-refractivity contribution in [2.45, 2.75) is 51.9 Å². The quantitative estimate of drug-likeness (QED) is 0.745. The Morgan fingerprint density at radius 1 is 1.22 bits per heavy atom. The summed E-state index contributed by atoms with van der Waals surface area (Å²) >= 11 is 0. The SMILES string of the molecule is CCNC(=O)n1nc(-c2ccc(NC(=O)CC)cc2O)cc1C1CCCC1. The number of phenols is 1. The lowest BCUT2D eigenvalue weighted by atomic mass is 10.0. The number of carbonyl (C=O) groups is 2. The van der Waals surface area contributed by atoms with Crippen LogP contribution in [-0.2, 0) is 4.79 Å². The van der Waals surface area contributed by atoms with Crippen molar-refractivity contribution in [2.24, 2.45) is 0 Å². The minimum Gasteiger partial charge on any atom is -0.507 e. The van der Waals surface area contributed by atoms with Crippen molar-refractivity contribution < 1.29 is 14.7 Å². The average molecular weight is 370 g/mol. The molecule has 2 amide bonds. The first-order valence-electron chi connectivity index (χ1n) is 9.54. The van der Waals surface area contributed by atoms with Gasteiger partial charge in [-0.1, -0.05) is 19.8 Å². The largest absolute Gasteiger partial charge is 0.507 e. The van der Waals surface area contributed by atoms with Gasteiger partial charge >= 0.3 is 6.03 Å². The van der Waals surface area contributed by atoms with Gasteiger partial charge in [-0.3, -0.25) is 4.79 Å². The first-order chi connectivity index (χ1) is 13.0. The van der Waals surface area contributed by atoms with Crippen LogP contribution in [0.5, 0.6) is 5.75 Å². The molecule has 0 unspecified atom stereocenters. The molecule has 27 heavy (non-hydrogen) atoms. The second kappa shape index (κ2) is 8.24. The molecule has 144 valence electrons. The maximum atomic E-state index is 12.4. The van der Waals surface area contributed by atoms with Crippen LogP contribution in [0.25, 0.3) is 11.3 Å². The third-order valence-corrected chi connectivity index (χ3v) is 4.91. The molecule has 2 aromatic rings. The highest BCUT2D eigenvalue weighted by atomic mass is 16.3. The van der Waals surface area contributed by atoms with Crippen molar-refractivity contribution in [3.05, 3.63) is 30.0 Å². The molecule has 0 spiro atoms. The molecular formula is C20H26N4O3. The highest BCUT2D eigenvalue weighted by Gasteiger charge is 2.25. The smallest absolute Gasteiger partial charge is 0.342 e. The molecule has 0 saturated heterocycles. The molecule has 0 radical (unpaired) electrons. The number of nitrogens with zero attached hydrogens (tertiary/aromatic N) is 2. The van der Waals surface area contributed by atoms with Gasteiger partial charge in [0.2, 0.25) is 5.91 Å². The number of carbonyl (C=O) groups excluding carboxylic acids is 2. The van der Waals surface area contributed by atoms with Crippen molar-refractivity contribution in [3.8, 4) is 17.0 Å². The zero-order valence-electron chi connectivity index (χ0n) is 15.8. The number of hydrogen-bond acceptors (Lipinski definition) is 4. The minimum absolute atomic E-state index is 0.0161. The van der Waals surface area contributed by atoms with Crippen LogP contribution in [0.2, 0.25) is 0 Å². The molecule has 7 nitrogen and oxygen atoms in total. The molecule has 1 aromatic carbocycles.